The summed E-state index contributed by atoms with van der Waals surface area (Å²) in [5.74, 6) is 0.563. The largest absolute Gasteiger partial charge is 0.466 e. The first-order chi connectivity index (χ1) is 14.7. The fourth-order valence-corrected chi connectivity index (χ4v) is 6.29. The minimum Gasteiger partial charge on any atom is -0.466 e. The zero-order valence-corrected chi connectivity index (χ0v) is 19.8. The van der Waals surface area contributed by atoms with E-state index < -0.39 is 5.60 Å². The number of esters is 1. The summed E-state index contributed by atoms with van der Waals surface area (Å²) in [6, 6.07) is 0.964. The van der Waals surface area contributed by atoms with E-state index in [2.05, 4.69) is 10.2 Å². The summed E-state index contributed by atoms with van der Waals surface area (Å²) in [7, 11) is 0. The van der Waals surface area contributed by atoms with Crippen molar-refractivity contribution in [2.24, 2.45) is 11.8 Å². The molecule has 4 fully saturated rings. The van der Waals surface area contributed by atoms with E-state index in [0.717, 1.165) is 71.1 Å². The van der Waals surface area contributed by atoms with Crippen molar-refractivity contribution < 1.29 is 19.1 Å². The maximum atomic E-state index is 12.7. The van der Waals surface area contributed by atoms with Crippen LogP contribution in [0, 0.1) is 11.8 Å². The zero-order valence-electron chi connectivity index (χ0n) is 19.8. The molecule has 1 saturated carbocycles. The van der Waals surface area contributed by atoms with Gasteiger partial charge in [-0.1, -0.05) is 0 Å². The van der Waals surface area contributed by atoms with E-state index in [1.165, 1.54) is 0 Å². The van der Waals surface area contributed by atoms with Gasteiger partial charge in [-0.3, -0.25) is 4.79 Å². The van der Waals surface area contributed by atoms with Crippen LogP contribution in [0.3, 0.4) is 0 Å². The number of ether oxygens (including phenoxy) is 2. The molecule has 0 aromatic heterocycles. The Labute approximate surface area is 187 Å². The van der Waals surface area contributed by atoms with Crippen molar-refractivity contribution in [2.75, 3.05) is 32.8 Å². The maximum absolute atomic E-state index is 12.7. The number of amides is 1. The molecule has 0 aromatic carbocycles. The van der Waals surface area contributed by atoms with E-state index in [4.69, 9.17) is 9.47 Å². The Morgan fingerprint density at radius 2 is 1.77 bits per heavy atom. The van der Waals surface area contributed by atoms with Gasteiger partial charge in [0.15, 0.2) is 0 Å². The van der Waals surface area contributed by atoms with Gasteiger partial charge >= 0.3 is 12.1 Å². The van der Waals surface area contributed by atoms with E-state index in [0.29, 0.717) is 24.6 Å². The first-order valence-electron chi connectivity index (χ1n) is 12.3. The Morgan fingerprint density at radius 1 is 1.06 bits per heavy atom. The van der Waals surface area contributed by atoms with Gasteiger partial charge in [-0.2, -0.15) is 0 Å². The van der Waals surface area contributed by atoms with Gasteiger partial charge in [0.2, 0.25) is 0 Å². The number of hydrogen-bond acceptors (Lipinski definition) is 6. The van der Waals surface area contributed by atoms with Gasteiger partial charge in [-0.15, -0.1) is 0 Å². The quantitative estimate of drug-likeness (QED) is 0.684. The van der Waals surface area contributed by atoms with Crippen molar-refractivity contribution in [3.63, 3.8) is 0 Å². The van der Waals surface area contributed by atoms with Crippen molar-refractivity contribution in [3.8, 4) is 0 Å². The van der Waals surface area contributed by atoms with Gasteiger partial charge in [-0.05, 0) is 91.6 Å². The van der Waals surface area contributed by atoms with E-state index >= 15 is 0 Å². The van der Waals surface area contributed by atoms with Gasteiger partial charge in [0, 0.05) is 30.7 Å². The normalized spacial score (nSPS) is 34.7. The standard InChI is InChI=1S/C24H41N3O4/c1-5-30-21(28)18-13-24(25-16-18)14-19(15-24)26-11-8-17(9-12-26)20-7-6-10-27(20)22(29)31-23(2,3)4/h17-20,25H,5-16H2,1-4H3/t18?,19?,20-,24?/m0/s1. The van der Waals surface area contributed by atoms with Gasteiger partial charge in [0.1, 0.15) is 5.60 Å². The lowest BCUT2D eigenvalue weighted by molar-refractivity contribution is -0.147. The molecule has 1 amide bonds. The Balaban J connectivity index is 1.23. The van der Waals surface area contributed by atoms with Crippen molar-refractivity contribution in [1.29, 1.82) is 0 Å². The minimum absolute atomic E-state index is 0.0211. The second-order valence-electron chi connectivity index (χ2n) is 11.1. The van der Waals surface area contributed by atoms with Crippen LogP contribution in [0.1, 0.15) is 72.6 Å². The Kier molecular flexibility index (Phi) is 6.55. The number of hydrogen-bond donors (Lipinski definition) is 1. The van der Waals surface area contributed by atoms with Crippen LogP contribution in [-0.2, 0) is 14.3 Å². The van der Waals surface area contributed by atoms with Gasteiger partial charge in [0.05, 0.1) is 12.5 Å². The lowest BCUT2D eigenvalue weighted by atomic mass is 9.69. The van der Waals surface area contributed by atoms with Crippen molar-refractivity contribution in [1.82, 2.24) is 15.1 Å². The fourth-order valence-electron chi connectivity index (χ4n) is 6.29. The Morgan fingerprint density at radius 3 is 2.42 bits per heavy atom. The van der Waals surface area contributed by atoms with Crippen LogP contribution in [0.2, 0.25) is 0 Å². The molecule has 31 heavy (non-hydrogen) atoms. The first kappa shape index (κ1) is 22.8. The highest BCUT2D eigenvalue weighted by Gasteiger charge is 2.52. The summed E-state index contributed by atoms with van der Waals surface area (Å²) in [5.41, 5.74) is -0.285. The van der Waals surface area contributed by atoms with E-state index in [1.54, 1.807) is 0 Å². The van der Waals surface area contributed by atoms with Crippen LogP contribution in [0.5, 0.6) is 0 Å². The van der Waals surface area contributed by atoms with Crippen LogP contribution in [0.4, 0.5) is 4.79 Å². The molecular formula is C24H41N3O4. The monoisotopic (exact) mass is 435 g/mol. The van der Waals surface area contributed by atoms with Crippen LogP contribution < -0.4 is 5.32 Å². The third kappa shape index (κ3) is 5.03. The molecule has 3 aliphatic heterocycles. The van der Waals surface area contributed by atoms with E-state index in [-0.39, 0.29) is 23.5 Å². The average Bonchev–Trinajstić information content (AvgIpc) is 3.34. The summed E-state index contributed by atoms with van der Waals surface area (Å²) in [6.45, 7) is 12.0. The molecule has 4 rings (SSSR count). The molecule has 176 valence electrons. The SMILES string of the molecule is CCOC(=O)C1CNC2(C1)CC(N1CCC([C@@H]3CCCN3C(=O)OC(C)(C)C)CC1)C2. The smallest absolute Gasteiger partial charge is 0.410 e. The fraction of sp³-hybridized carbons (Fsp3) is 0.917. The molecule has 1 aliphatic carbocycles. The molecule has 7 heteroatoms. The molecule has 4 aliphatic rings. The number of carbonyl (C=O) groups excluding carboxylic acids is 2. The Bertz CT molecular complexity index is 662. The van der Waals surface area contributed by atoms with Gasteiger partial charge in [0.25, 0.3) is 0 Å². The molecule has 2 atom stereocenters. The first-order valence-corrected chi connectivity index (χ1v) is 12.3. The van der Waals surface area contributed by atoms with Gasteiger partial charge in [-0.25, -0.2) is 4.79 Å². The topological polar surface area (TPSA) is 71.1 Å². The third-order valence-corrected chi connectivity index (χ3v) is 7.80. The average molecular weight is 436 g/mol. The number of nitrogens with zero attached hydrogens (tertiary/aromatic N) is 2. The molecular weight excluding hydrogens is 394 g/mol. The summed E-state index contributed by atoms with van der Waals surface area (Å²) in [5, 5.41) is 3.63. The predicted octanol–water partition coefficient (Wildman–Crippen LogP) is 3.17. The second kappa shape index (κ2) is 8.89. The summed E-state index contributed by atoms with van der Waals surface area (Å²) < 4.78 is 10.9. The van der Waals surface area contributed by atoms with E-state index in [1.807, 2.05) is 32.6 Å². The molecule has 1 unspecified atom stereocenters. The van der Waals surface area contributed by atoms with E-state index in [9.17, 15) is 9.59 Å². The van der Waals surface area contributed by atoms with Crippen molar-refractivity contribution in [2.45, 2.75) is 95.9 Å². The number of piperidine rings is 1. The van der Waals surface area contributed by atoms with Crippen LogP contribution >= 0.6 is 0 Å². The Hall–Kier alpha value is -1.34. The molecule has 3 saturated heterocycles. The third-order valence-electron chi connectivity index (χ3n) is 7.80. The highest BCUT2D eigenvalue weighted by atomic mass is 16.6. The number of nitrogens with one attached hydrogen (secondary N) is 1. The van der Waals surface area contributed by atoms with Crippen LogP contribution in [0.25, 0.3) is 0 Å². The number of rotatable bonds is 4. The maximum Gasteiger partial charge on any atom is 0.410 e. The molecule has 1 N–H and O–H groups in total. The lowest BCUT2D eigenvalue weighted by Gasteiger charge is -2.52. The molecule has 0 radical (unpaired) electrons. The molecule has 0 bridgehead atoms. The molecule has 0 aromatic rings. The van der Waals surface area contributed by atoms with Crippen molar-refractivity contribution in [3.05, 3.63) is 0 Å². The van der Waals surface area contributed by atoms with Crippen molar-refractivity contribution >= 4 is 12.1 Å². The number of carbonyl (C=O) groups is 2. The second-order valence-corrected chi connectivity index (χ2v) is 11.1. The minimum atomic E-state index is -0.436. The van der Waals surface area contributed by atoms with Crippen LogP contribution in [0.15, 0.2) is 0 Å². The summed E-state index contributed by atoms with van der Waals surface area (Å²) in [6.07, 6.45) is 7.58. The number of likely N-dealkylation sites (tertiary alicyclic amines) is 2. The highest BCUT2D eigenvalue weighted by molar-refractivity contribution is 5.73. The summed E-state index contributed by atoms with van der Waals surface area (Å²) >= 11 is 0. The molecule has 1 spiro atoms. The molecule has 7 nitrogen and oxygen atoms in total. The zero-order chi connectivity index (χ0) is 22.2. The molecule has 3 heterocycles. The summed E-state index contributed by atoms with van der Waals surface area (Å²) in [4.78, 5) is 29.4. The van der Waals surface area contributed by atoms with Crippen LogP contribution in [-0.4, -0.2) is 77.9 Å². The lowest BCUT2D eigenvalue weighted by Crippen LogP contribution is -2.61. The predicted molar refractivity (Wildman–Crippen MR) is 119 cm³/mol. The highest BCUT2D eigenvalue weighted by Crippen LogP contribution is 2.45. The van der Waals surface area contributed by atoms with Gasteiger partial charge < -0.3 is 24.6 Å².